The quantitative estimate of drug-likeness (QED) is 0.860. The van der Waals surface area contributed by atoms with Gasteiger partial charge in [-0.3, -0.25) is 4.98 Å². The van der Waals surface area contributed by atoms with Gasteiger partial charge in [-0.1, -0.05) is 19.1 Å². The molecule has 0 bridgehead atoms. The van der Waals surface area contributed by atoms with Crippen LogP contribution in [0.15, 0.2) is 18.2 Å². The number of aromatic nitrogens is 1. The molecule has 0 unspecified atom stereocenters. The first-order valence-corrected chi connectivity index (χ1v) is 5.67. The minimum Gasteiger partial charge on any atom is -0.478 e. The van der Waals surface area contributed by atoms with Crippen molar-refractivity contribution in [2.45, 2.75) is 27.2 Å². The lowest BCUT2D eigenvalue weighted by Crippen LogP contribution is -2.03. The van der Waals surface area contributed by atoms with Gasteiger partial charge in [0.05, 0.1) is 11.1 Å². The van der Waals surface area contributed by atoms with Crippen LogP contribution in [0.5, 0.6) is 0 Å². The van der Waals surface area contributed by atoms with E-state index in [1.165, 1.54) is 0 Å². The molecule has 0 atom stereocenters. The van der Waals surface area contributed by atoms with E-state index >= 15 is 0 Å². The number of carbonyl (C=O) groups is 1. The molecule has 0 saturated heterocycles. The minimum absolute atomic E-state index is 0.355. The van der Waals surface area contributed by atoms with E-state index < -0.39 is 5.97 Å². The number of aryl methyl sites for hydroxylation is 3. The van der Waals surface area contributed by atoms with E-state index in [9.17, 15) is 9.90 Å². The summed E-state index contributed by atoms with van der Waals surface area (Å²) in [5.74, 6) is -0.888. The minimum atomic E-state index is -0.888. The van der Waals surface area contributed by atoms with Gasteiger partial charge >= 0.3 is 5.97 Å². The van der Waals surface area contributed by atoms with Crippen LogP contribution in [-0.2, 0) is 6.42 Å². The van der Waals surface area contributed by atoms with Crippen molar-refractivity contribution in [2.75, 3.05) is 0 Å². The topological polar surface area (TPSA) is 50.2 Å². The van der Waals surface area contributed by atoms with Crippen molar-refractivity contribution in [1.29, 1.82) is 0 Å². The molecule has 0 aliphatic rings. The third-order valence-electron chi connectivity index (χ3n) is 3.02. The van der Waals surface area contributed by atoms with Gasteiger partial charge in [-0.05, 0) is 37.5 Å². The Kier molecular flexibility index (Phi) is 2.84. The summed E-state index contributed by atoms with van der Waals surface area (Å²) in [4.78, 5) is 15.9. The van der Waals surface area contributed by atoms with Crippen LogP contribution >= 0.6 is 0 Å². The zero-order valence-corrected chi connectivity index (χ0v) is 10.2. The molecule has 1 aromatic carbocycles. The van der Waals surface area contributed by atoms with Crippen molar-refractivity contribution in [1.82, 2.24) is 4.98 Å². The van der Waals surface area contributed by atoms with Crippen molar-refractivity contribution >= 4 is 16.9 Å². The summed E-state index contributed by atoms with van der Waals surface area (Å²) in [5.41, 5.74) is 3.96. The van der Waals surface area contributed by atoms with E-state index in [0.29, 0.717) is 5.56 Å². The summed E-state index contributed by atoms with van der Waals surface area (Å²) in [6, 6.07) is 5.60. The highest BCUT2D eigenvalue weighted by molar-refractivity contribution is 6.04. The SMILES string of the molecule is CCc1cc(C(=O)O)c2c(C)ccc(C)c2n1. The average molecular weight is 229 g/mol. The molecule has 17 heavy (non-hydrogen) atoms. The maximum atomic E-state index is 11.3. The molecule has 3 heteroatoms. The fourth-order valence-corrected chi connectivity index (χ4v) is 2.04. The molecule has 3 nitrogen and oxygen atoms in total. The summed E-state index contributed by atoms with van der Waals surface area (Å²) >= 11 is 0. The van der Waals surface area contributed by atoms with E-state index in [4.69, 9.17) is 0 Å². The van der Waals surface area contributed by atoms with Gasteiger partial charge in [-0.25, -0.2) is 4.79 Å². The third kappa shape index (κ3) is 1.88. The van der Waals surface area contributed by atoms with Crippen molar-refractivity contribution in [3.8, 4) is 0 Å². The van der Waals surface area contributed by atoms with Crippen LogP contribution in [0.3, 0.4) is 0 Å². The second-order valence-electron chi connectivity index (χ2n) is 4.24. The first-order valence-electron chi connectivity index (χ1n) is 5.67. The molecular weight excluding hydrogens is 214 g/mol. The van der Waals surface area contributed by atoms with Crippen LogP contribution in [0.2, 0.25) is 0 Å². The molecule has 0 aliphatic carbocycles. The Labute approximate surface area is 100 Å². The molecule has 0 spiro atoms. The number of rotatable bonds is 2. The lowest BCUT2D eigenvalue weighted by atomic mass is 9.99. The van der Waals surface area contributed by atoms with Gasteiger partial charge in [0.15, 0.2) is 0 Å². The van der Waals surface area contributed by atoms with Gasteiger partial charge in [-0.2, -0.15) is 0 Å². The highest BCUT2D eigenvalue weighted by Gasteiger charge is 2.14. The van der Waals surface area contributed by atoms with Gasteiger partial charge < -0.3 is 5.11 Å². The second-order valence-corrected chi connectivity index (χ2v) is 4.24. The summed E-state index contributed by atoms with van der Waals surface area (Å²) in [5, 5.41) is 10.0. The Balaban J connectivity index is 2.95. The van der Waals surface area contributed by atoms with E-state index in [-0.39, 0.29) is 0 Å². The number of fused-ring (bicyclic) bond motifs is 1. The first-order chi connectivity index (χ1) is 8.04. The highest BCUT2D eigenvalue weighted by Crippen LogP contribution is 2.25. The lowest BCUT2D eigenvalue weighted by Gasteiger charge is -2.10. The highest BCUT2D eigenvalue weighted by atomic mass is 16.4. The fourth-order valence-electron chi connectivity index (χ4n) is 2.04. The van der Waals surface area contributed by atoms with E-state index in [0.717, 1.165) is 34.1 Å². The van der Waals surface area contributed by atoms with Crippen molar-refractivity contribution in [3.63, 3.8) is 0 Å². The van der Waals surface area contributed by atoms with Crippen LogP contribution in [0, 0.1) is 13.8 Å². The average Bonchev–Trinajstić information content (AvgIpc) is 2.32. The van der Waals surface area contributed by atoms with Crippen molar-refractivity contribution in [2.24, 2.45) is 0 Å². The molecule has 2 rings (SSSR count). The molecule has 0 aliphatic heterocycles. The molecule has 2 aromatic rings. The maximum absolute atomic E-state index is 11.3. The van der Waals surface area contributed by atoms with Gasteiger partial charge in [0.1, 0.15) is 0 Å². The Morgan fingerprint density at radius 2 is 1.94 bits per heavy atom. The smallest absolute Gasteiger partial charge is 0.336 e. The number of hydrogen-bond acceptors (Lipinski definition) is 2. The zero-order chi connectivity index (χ0) is 12.6. The van der Waals surface area contributed by atoms with E-state index in [1.54, 1.807) is 6.07 Å². The molecule has 1 aromatic heterocycles. The molecule has 0 radical (unpaired) electrons. The molecule has 1 heterocycles. The number of carboxylic acids is 1. The Hall–Kier alpha value is -1.90. The summed E-state index contributed by atoms with van der Waals surface area (Å²) in [6.07, 6.45) is 0.740. The standard InChI is InChI=1S/C14H15NO2/c1-4-10-7-11(14(16)17)12-8(2)5-6-9(3)13(12)15-10/h5-7H,4H2,1-3H3,(H,16,17). The number of pyridine rings is 1. The van der Waals surface area contributed by atoms with E-state index in [1.807, 2.05) is 32.9 Å². The number of benzene rings is 1. The van der Waals surface area contributed by atoms with Gasteiger partial charge in [0, 0.05) is 11.1 Å². The summed E-state index contributed by atoms with van der Waals surface area (Å²) in [7, 11) is 0. The van der Waals surface area contributed by atoms with Gasteiger partial charge in [-0.15, -0.1) is 0 Å². The van der Waals surface area contributed by atoms with Crippen LogP contribution in [-0.4, -0.2) is 16.1 Å². The van der Waals surface area contributed by atoms with Gasteiger partial charge in [0.25, 0.3) is 0 Å². The number of hydrogen-bond donors (Lipinski definition) is 1. The second kappa shape index (κ2) is 4.17. The molecule has 0 saturated carbocycles. The molecule has 0 fully saturated rings. The number of carboxylic acid groups (broad SMARTS) is 1. The first kappa shape index (κ1) is 11.6. The molecule has 88 valence electrons. The summed E-state index contributed by atoms with van der Waals surface area (Å²) < 4.78 is 0. The molecule has 1 N–H and O–H groups in total. The predicted molar refractivity (Wildman–Crippen MR) is 67.6 cm³/mol. The Morgan fingerprint density at radius 1 is 1.29 bits per heavy atom. The maximum Gasteiger partial charge on any atom is 0.336 e. The largest absolute Gasteiger partial charge is 0.478 e. The molecular formula is C14H15NO2. The third-order valence-corrected chi connectivity index (χ3v) is 3.02. The van der Waals surface area contributed by atoms with Crippen LogP contribution in [0.1, 0.15) is 34.1 Å². The van der Waals surface area contributed by atoms with Crippen molar-refractivity contribution < 1.29 is 9.90 Å². The fraction of sp³-hybridized carbons (Fsp3) is 0.286. The van der Waals surface area contributed by atoms with Gasteiger partial charge in [0.2, 0.25) is 0 Å². The number of nitrogens with zero attached hydrogens (tertiary/aromatic N) is 1. The zero-order valence-electron chi connectivity index (χ0n) is 10.2. The monoisotopic (exact) mass is 229 g/mol. The van der Waals surface area contributed by atoms with E-state index in [2.05, 4.69) is 4.98 Å². The van der Waals surface area contributed by atoms with Crippen LogP contribution in [0.4, 0.5) is 0 Å². The van der Waals surface area contributed by atoms with Crippen LogP contribution in [0.25, 0.3) is 10.9 Å². The van der Waals surface area contributed by atoms with Crippen molar-refractivity contribution in [3.05, 3.63) is 40.6 Å². The predicted octanol–water partition coefficient (Wildman–Crippen LogP) is 3.11. The Morgan fingerprint density at radius 3 is 2.53 bits per heavy atom. The normalized spacial score (nSPS) is 10.8. The Bertz CT molecular complexity index is 603. The lowest BCUT2D eigenvalue weighted by molar-refractivity contribution is 0.0699. The summed E-state index contributed by atoms with van der Waals surface area (Å²) in [6.45, 7) is 5.85. The van der Waals surface area contributed by atoms with Crippen LogP contribution < -0.4 is 0 Å². The molecule has 0 amide bonds. The number of aromatic carboxylic acids is 1.